The number of hydrogen-bond acceptors (Lipinski definition) is 2. The number of benzene rings is 1. The van der Waals surface area contributed by atoms with Crippen molar-refractivity contribution in [3.05, 3.63) is 29.3 Å². The topological polar surface area (TPSA) is 57.5 Å². The molecule has 2 saturated carbocycles. The van der Waals surface area contributed by atoms with Gasteiger partial charge in [-0.15, -0.1) is 0 Å². The Morgan fingerprint density at radius 3 is 2.52 bits per heavy atom. The second-order valence-electron chi connectivity index (χ2n) is 9.41. The molecular formula is C22H32O3. The van der Waals surface area contributed by atoms with E-state index in [4.69, 9.17) is 0 Å². The molecule has 2 fully saturated rings. The molecule has 0 bridgehead atoms. The van der Waals surface area contributed by atoms with Crippen LogP contribution in [0.3, 0.4) is 0 Å². The monoisotopic (exact) mass is 344 g/mol. The Balaban J connectivity index is 1.99. The van der Waals surface area contributed by atoms with Gasteiger partial charge in [0, 0.05) is 0 Å². The second-order valence-corrected chi connectivity index (χ2v) is 9.41. The van der Waals surface area contributed by atoms with E-state index in [-0.39, 0.29) is 28.4 Å². The third kappa shape index (κ3) is 3.30. The maximum atomic E-state index is 12.0. The molecule has 3 rings (SSSR count). The molecule has 4 atom stereocenters. The number of phenols is 1. The molecule has 0 heterocycles. The molecule has 3 heteroatoms. The average molecular weight is 344 g/mol. The molecule has 3 nitrogen and oxygen atoms in total. The number of rotatable bonds is 3. The lowest BCUT2D eigenvalue weighted by atomic mass is 9.46. The van der Waals surface area contributed by atoms with Crippen LogP contribution in [0.1, 0.15) is 64.0 Å². The van der Waals surface area contributed by atoms with Crippen molar-refractivity contribution < 1.29 is 15.0 Å². The van der Waals surface area contributed by atoms with E-state index >= 15 is 0 Å². The quantitative estimate of drug-likeness (QED) is 0.793. The summed E-state index contributed by atoms with van der Waals surface area (Å²) in [4.78, 5) is 12.0. The summed E-state index contributed by atoms with van der Waals surface area (Å²) < 4.78 is 0. The number of phenolic OH excluding ortho intramolecular Hbond substituents is 1. The van der Waals surface area contributed by atoms with Crippen LogP contribution < -0.4 is 0 Å². The molecule has 0 saturated heterocycles. The lowest BCUT2D eigenvalue weighted by molar-refractivity contribution is -0.157. The van der Waals surface area contributed by atoms with Gasteiger partial charge < -0.3 is 10.2 Å². The van der Waals surface area contributed by atoms with Gasteiger partial charge in [0.25, 0.3) is 0 Å². The Morgan fingerprint density at radius 2 is 1.88 bits per heavy atom. The first-order valence-corrected chi connectivity index (χ1v) is 9.66. The molecule has 0 spiro atoms. The lowest BCUT2D eigenvalue weighted by Crippen LogP contribution is -2.53. The van der Waals surface area contributed by atoms with E-state index in [1.165, 1.54) is 12.8 Å². The number of aromatic hydroxyl groups is 1. The highest BCUT2D eigenvalue weighted by Gasteiger charge is 2.55. The molecule has 138 valence electrons. The first kappa shape index (κ1) is 18.3. The Kier molecular flexibility index (Phi) is 4.63. The lowest BCUT2D eigenvalue weighted by Gasteiger charge is -2.59. The van der Waals surface area contributed by atoms with Gasteiger partial charge in [-0.2, -0.15) is 0 Å². The zero-order valence-electron chi connectivity index (χ0n) is 16.0. The maximum Gasteiger partial charge on any atom is 0.306 e. The van der Waals surface area contributed by atoms with E-state index in [0.29, 0.717) is 5.92 Å². The number of aliphatic carboxylic acids is 1. The van der Waals surface area contributed by atoms with E-state index in [2.05, 4.69) is 26.8 Å². The summed E-state index contributed by atoms with van der Waals surface area (Å²) >= 11 is 0. The van der Waals surface area contributed by atoms with Gasteiger partial charge in [-0.25, -0.2) is 0 Å². The molecule has 1 aromatic rings. The van der Waals surface area contributed by atoms with Crippen LogP contribution in [0, 0.1) is 35.5 Å². The van der Waals surface area contributed by atoms with E-state index in [9.17, 15) is 15.0 Å². The van der Waals surface area contributed by atoms with Gasteiger partial charge in [-0.3, -0.25) is 4.79 Å². The van der Waals surface area contributed by atoms with Crippen molar-refractivity contribution in [2.75, 3.05) is 0 Å². The predicted molar refractivity (Wildman–Crippen MR) is 99.6 cm³/mol. The minimum atomic E-state index is -0.648. The molecule has 2 N–H and O–H groups in total. The summed E-state index contributed by atoms with van der Waals surface area (Å²) in [6.45, 7) is 9.05. The molecule has 0 aromatic heterocycles. The number of carboxylic acids is 1. The summed E-state index contributed by atoms with van der Waals surface area (Å²) in [5.74, 6) is 0.0587. The number of hydrogen-bond donors (Lipinski definition) is 2. The van der Waals surface area contributed by atoms with Crippen LogP contribution in [0.25, 0.3) is 0 Å². The smallest absolute Gasteiger partial charge is 0.306 e. The Hall–Kier alpha value is -1.51. The van der Waals surface area contributed by atoms with Gasteiger partial charge in [0.2, 0.25) is 0 Å². The third-order valence-electron chi connectivity index (χ3n) is 7.27. The molecule has 0 amide bonds. The molecule has 0 aliphatic heterocycles. The van der Waals surface area contributed by atoms with Crippen LogP contribution >= 0.6 is 0 Å². The van der Waals surface area contributed by atoms with Gasteiger partial charge in [0.05, 0.1) is 5.92 Å². The molecule has 0 radical (unpaired) electrons. The molecule has 4 unspecified atom stereocenters. The van der Waals surface area contributed by atoms with Crippen molar-refractivity contribution in [3.8, 4) is 5.75 Å². The summed E-state index contributed by atoms with van der Waals surface area (Å²) in [6, 6.07) is 5.67. The van der Waals surface area contributed by atoms with E-state index < -0.39 is 5.97 Å². The number of carbonyl (C=O) groups is 1. The van der Waals surface area contributed by atoms with Crippen molar-refractivity contribution in [2.45, 2.75) is 66.2 Å². The minimum absolute atomic E-state index is 0.0580. The molecule has 1 aromatic carbocycles. The molecule has 2 aliphatic carbocycles. The maximum absolute atomic E-state index is 12.0. The first-order valence-electron chi connectivity index (χ1n) is 9.66. The van der Waals surface area contributed by atoms with Crippen molar-refractivity contribution in [3.63, 3.8) is 0 Å². The Bertz CT molecular complexity index is 643. The number of aryl methyl sites for hydroxylation is 1. The summed E-state index contributed by atoms with van der Waals surface area (Å²) in [7, 11) is 0. The zero-order chi connectivity index (χ0) is 18.4. The SMILES string of the molecule is Cc1cc(O)cc(CC2C(C(=O)O)CCC3C(C)(C)CCCC23C)c1. The average Bonchev–Trinajstić information content (AvgIpc) is 2.46. The van der Waals surface area contributed by atoms with Crippen LogP contribution in [0.4, 0.5) is 0 Å². The third-order valence-corrected chi connectivity index (χ3v) is 7.27. The molecular weight excluding hydrogens is 312 g/mol. The van der Waals surface area contributed by atoms with Gasteiger partial charge in [0.15, 0.2) is 0 Å². The van der Waals surface area contributed by atoms with Crippen LogP contribution in [0.15, 0.2) is 18.2 Å². The fourth-order valence-corrected chi connectivity index (χ4v) is 6.22. The zero-order valence-corrected chi connectivity index (χ0v) is 16.0. The fraction of sp³-hybridized carbons (Fsp3) is 0.682. The van der Waals surface area contributed by atoms with Crippen molar-refractivity contribution in [2.24, 2.45) is 28.6 Å². The predicted octanol–water partition coefficient (Wildman–Crippen LogP) is 5.19. The van der Waals surface area contributed by atoms with Crippen LogP contribution in [-0.2, 0) is 11.2 Å². The van der Waals surface area contributed by atoms with Gasteiger partial charge in [-0.05, 0) is 85.0 Å². The largest absolute Gasteiger partial charge is 0.508 e. The van der Waals surface area contributed by atoms with Crippen molar-refractivity contribution in [1.82, 2.24) is 0 Å². The summed E-state index contributed by atoms with van der Waals surface area (Å²) in [6.07, 6.45) is 6.09. The highest BCUT2D eigenvalue weighted by Crippen LogP contribution is 2.61. The minimum Gasteiger partial charge on any atom is -0.508 e. The fourth-order valence-electron chi connectivity index (χ4n) is 6.22. The number of fused-ring (bicyclic) bond motifs is 1. The van der Waals surface area contributed by atoms with Gasteiger partial charge in [0.1, 0.15) is 5.75 Å². The van der Waals surface area contributed by atoms with Crippen LogP contribution in [0.2, 0.25) is 0 Å². The summed E-state index contributed by atoms with van der Waals surface area (Å²) in [5, 5.41) is 19.8. The van der Waals surface area contributed by atoms with Crippen molar-refractivity contribution in [1.29, 1.82) is 0 Å². The van der Waals surface area contributed by atoms with Crippen LogP contribution in [-0.4, -0.2) is 16.2 Å². The van der Waals surface area contributed by atoms with Crippen molar-refractivity contribution >= 4 is 5.97 Å². The van der Waals surface area contributed by atoms with E-state index in [1.807, 2.05) is 13.0 Å². The van der Waals surface area contributed by atoms with Crippen LogP contribution in [0.5, 0.6) is 5.75 Å². The summed E-state index contributed by atoms with van der Waals surface area (Å²) in [5.41, 5.74) is 2.44. The highest BCUT2D eigenvalue weighted by molar-refractivity contribution is 5.70. The second kappa shape index (κ2) is 6.34. The van der Waals surface area contributed by atoms with E-state index in [0.717, 1.165) is 36.8 Å². The Morgan fingerprint density at radius 1 is 1.16 bits per heavy atom. The highest BCUT2D eigenvalue weighted by atomic mass is 16.4. The number of carboxylic acid groups (broad SMARTS) is 1. The Labute approximate surface area is 151 Å². The first-order chi connectivity index (χ1) is 11.6. The molecule has 2 aliphatic rings. The van der Waals surface area contributed by atoms with Gasteiger partial charge >= 0.3 is 5.97 Å². The van der Waals surface area contributed by atoms with Gasteiger partial charge in [-0.1, -0.05) is 33.3 Å². The standard InChI is InChI=1S/C22H32O3/c1-14-10-15(12-16(23)11-14)13-18-17(20(24)25)6-7-19-21(2,3)8-5-9-22(18,19)4/h10-12,17-19,23H,5-9,13H2,1-4H3,(H,24,25). The normalized spacial score (nSPS) is 34.3. The van der Waals surface area contributed by atoms with E-state index in [1.54, 1.807) is 6.07 Å². The molecule has 25 heavy (non-hydrogen) atoms.